The first-order chi connectivity index (χ1) is 7.70. The number of carbonyl (C=O) groups is 1. The van der Waals surface area contributed by atoms with E-state index in [4.69, 9.17) is 5.26 Å². The van der Waals surface area contributed by atoms with Gasteiger partial charge < -0.3 is 5.32 Å². The highest BCUT2D eigenvalue weighted by molar-refractivity contribution is 6.04. The average Bonchev–Trinajstić information content (AvgIpc) is 2.31. The number of benzene rings is 1. The van der Waals surface area contributed by atoms with Crippen molar-refractivity contribution in [2.75, 3.05) is 0 Å². The molecule has 0 unspecified atom stereocenters. The van der Waals surface area contributed by atoms with Gasteiger partial charge >= 0.3 is 0 Å². The number of nitrogens with one attached hydrogen (secondary N) is 1. The molecule has 1 aromatic rings. The molecular weight excluding hydrogens is 200 g/mol. The summed E-state index contributed by atoms with van der Waals surface area (Å²) in [6, 6.07) is 11.2. The fourth-order valence-electron chi connectivity index (χ4n) is 1.30. The molecule has 0 heterocycles. The van der Waals surface area contributed by atoms with Crippen LogP contribution in [0.1, 0.15) is 12.5 Å². The maximum absolute atomic E-state index is 11.5. The summed E-state index contributed by atoms with van der Waals surface area (Å²) in [6.45, 7) is 5.13. The van der Waals surface area contributed by atoms with Crippen LogP contribution in [-0.4, -0.2) is 5.91 Å². The monoisotopic (exact) mass is 212 g/mol. The van der Waals surface area contributed by atoms with Crippen molar-refractivity contribution in [3.05, 3.63) is 54.2 Å². The van der Waals surface area contributed by atoms with Crippen LogP contribution in [0.5, 0.6) is 0 Å². The molecule has 0 aromatic heterocycles. The second kappa shape index (κ2) is 5.52. The van der Waals surface area contributed by atoms with Crippen LogP contribution in [0.2, 0.25) is 0 Å². The Hall–Kier alpha value is -2.34. The lowest BCUT2D eigenvalue weighted by atomic mass is 10.0. The minimum absolute atomic E-state index is 0.103. The van der Waals surface area contributed by atoms with E-state index in [9.17, 15) is 4.79 Å². The molecule has 3 nitrogen and oxygen atoms in total. The zero-order chi connectivity index (χ0) is 12.0. The largest absolute Gasteiger partial charge is 0.329 e. The third kappa shape index (κ3) is 2.58. The number of rotatable bonds is 3. The topological polar surface area (TPSA) is 52.9 Å². The van der Waals surface area contributed by atoms with Crippen molar-refractivity contribution in [2.45, 2.75) is 6.92 Å². The van der Waals surface area contributed by atoms with E-state index in [1.165, 1.54) is 6.20 Å². The molecule has 1 N–H and O–H groups in total. The Labute approximate surface area is 94.7 Å². The molecule has 3 heteroatoms. The molecule has 0 fully saturated rings. The Balaban J connectivity index is 3.16. The molecule has 0 saturated carbocycles. The van der Waals surface area contributed by atoms with Crippen LogP contribution in [0.4, 0.5) is 0 Å². The van der Waals surface area contributed by atoms with E-state index in [1.54, 1.807) is 6.92 Å². The van der Waals surface area contributed by atoms with Gasteiger partial charge in [-0.3, -0.25) is 4.79 Å². The van der Waals surface area contributed by atoms with Crippen molar-refractivity contribution < 1.29 is 4.79 Å². The number of hydrogen-bond acceptors (Lipinski definition) is 2. The summed E-state index contributed by atoms with van der Waals surface area (Å²) in [5.74, 6) is -0.432. The predicted molar refractivity (Wildman–Crippen MR) is 63.0 cm³/mol. The smallest absolute Gasteiger partial charge is 0.266 e. The molecule has 0 saturated heterocycles. The Kier molecular flexibility index (Phi) is 4.05. The summed E-state index contributed by atoms with van der Waals surface area (Å²) in [6.07, 6.45) is 1.26. The van der Waals surface area contributed by atoms with Crippen LogP contribution in [0.15, 0.2) is 48.7 Å². The lowest BCUT2D eigenvalue weighted by molar-refractivity contribution is -0.116. The van der Waals surface area contributed by atoms with Crippen LogP contribution in [0.25, 0.3) is 5.57 Å². The molecule has 1 rings (SSSR count). The van der Waals surface area contributed by atoms with Crippen LogP contribution in [0.3, 0.4) is 0 Å². The summed E-state index contributed by atoms with van der Waals surface area (Å²) in [7, 11) is 0. The Morgan fingerprint density at radius 3 is 2.56 bits per heavy atom. The minimum atomic E-state index is -0.432. The van der Waals surface area contributed by atoms with Gasteiger partial charge in [-0.1, -0.05) is 36.9 Å². The zero-order valence-corrected chi connectivity index (χ0v) is 9.03. The fourth-order valence-corrected chi connectivity index (χ4v) is 1.30. The van der Waals surface area contributed by atoms with Crippen molar-refractivity contribution in [1.29, 1.82) is 5.26 Å². The molecule has 0 aliphatic rings. The maximum atomic E-state index is 11.5. The number of allylic oxidation sites excluding steroid dienone is 1. The first kappa shape index (κ1) is 11.7. The number of amides is 1. The van der Waals surface area contributed by atoms with Crippen molar-refractivity contribution in [2.24, 2.45) is 0 Å². The normalized spacial score (nSPS) is 11.0. The predicted octanol–water partition coefficient (Wildman–Crippen LogP) is 2.24. The molecular formula is C13H12N2O. The van der Waals surface area contributed by atoms with Gasteiger partial charge in [0.05, 0.1) is 0 Å². The Morgan fingerprint density at radius 1 is 1.44 bits per heavy atom. The summed E-state index contributed by atoms with van der Waals surface area (Å²) in [5, 5.41) is 11.3. The SMILES string of the molecule is C=CNC(=O)/C(C#N)=C(\C)c1ccccc1. The van der Waals surface area contributed by atoms with Crippen LogP contribution in [-0.2, 0) is 4.79 Å². The average molecular weight is 212 g/mol. The van der Waals surface area contributed by atoms with E-state index in [1.807, 2.05) is 36.4 Å². The van der Waals surface area contributed by atoms with Crippen molar-refractivity contribution >= 4 is 11.5 Å². The molecule has 80 valence electrons. The number of nitrogens with zero attached hydrogens (tertiary/aromatic N) is 1. The first-order valence-electron chi connectivity index (χ1n) is 4.79. The van der Waals surface area contributed by atoms with E-state index < -0.39 is 5.91 Å². The molecule has 0 aliphatic heterocycles. The minimum Gasteiger partial charge on any atom is -0.329 e. The van der Waals surface area contributed by atoms with E-state index in [2.05, 4.69) is 11.9 Å². The summed E-state index contributed by atoms with van der Waals surface area (Å²) in [5.41, 5.74) is 1.62. The van der Waals surface area contributed by atoms with Gasteiger partial charge in [-0.15, -0.1) is 0 Å². The van der Waals surface area contributed by atoms with E-state index in [-0.39, 0.29) is 5.57 Å². The first-order valence-corrected chi connectivity index (χ1v) is 4.79. The summed E-state index contributed by atoms with van der Waals surface area (Å²) >= 11 is 0. The molecule has 0 bridgehead atoms. The van der Waals surface area contributed by atoms with Gasteiger partial charge in [0, 0.05) is 0 Å². The third-order valence-electron chi connectivity index (χ3n) is 2.15. The highest BCUT2D eigenvalue weighted by atomic mass is 16.1. The highest BCUT2D eigenvalue weighted by Gasteiger charge is 2.11. The summed E-state index contributed by atoms with van der Waals surface area (Å²) in [4.78, 5) is 11.5. The molecule has 16 heavy (non-hydrogen) atoms. The van der Waals surface area contributed by atoms with E-state index in [0.29, 0.717) is 5.57 Å². The van der Waals surface area contributed by atoms with Crippen LogP contribution >= 0.6 is 0 Å². The summed E-state index contributed by atoms with van der Waals surface area (Å²) < 4.78 is 0. The van der Waals surface area contributed by atoms with Gasteiger partial charge in [0.1, 0.15) is 11.6 Å². The molecule has 0 atom stereocenters. The maximum Gasteiger partial charge on any atom is 0.266 e. The fraction of sp³-hybridized carbons (Fsp3) is 0.0769. The van der Waals surface area contributed by atoms with Gasteiger partial charge in [-0.05, 0) is 24.3 Å². The van der Waals surface area contributed by atoms with E-state index >= 15 is 0 Å². The Bertz CT molecular complexity index is 466. The van der Waals surface area contributed by atoms with Crippen molar-refractivity contribution in [1.82, 2.24) is 5.32 Å². The number of hydrogen-bond donors (Lipinski definition) is 1. The van der Waals surface area contributed by atoms with Gasteiger partial charge in [0.2, 0.25) is 0 Å². The van der Waals surface area contributed by atoms with E-state index in [0.717, 1.165) is 5.56 Å². The zero-order valence-electron chi connectivity index (χ0n) is 9.03. The van der Waals surface area contributed by atoms with Crippen molar-refractivity contribution in [3.8, 4) is 6.07 Å². The van der Waals surface area contributed by atoms with Crippen LogP contribution in [0, 0.1) is 11.3 Å². The van der Waals surface area contributed by atoms with Crippen LogP contribution < -0.4 is 5.32 Å². The van der Waals surface area contributed by atoms with Crippen molar-refractivity contribution in [3.63, 3.8) is 0 Å². The second-order valence-electron chi connectivity index (χ2n) is 3.16. The van der Waals surface area contributed by atoms with Gasteiger partial charge in [0.15, 0.2) is 0 Å². The van der Waals surface area contributed by atoms with Gasteiger partial charge in [-0.2, -0.15) is 5.26 Å². The quantitative estimate of drug-likeness (QED) is 0.617. The van der Waals surface area contributed by atoms with Gasteiger partial charge in [-0.25, -0.2) is 0 Å². The van der Waals surface area contributed by atoms with Gasteiger partial charge in [0.25, 0.3) is 5.91 Å². The molecule has 0 spiro atoms. The molecule has 0 aliphatic carbocycles. The Morgan fingerprint density at radius 2 is 2.06 bits per heavy atom. The number of nitriles is 1. The molecule has 0 radical (unpaired) electrons. The molecule has 1 aromatic carbocycles. The standard InChI is InChI=1S/C13H12N2O/c1-3-15-13(16)12(9-14)10(2)11-7-5-4-6-8-11/h3-8H,1H2,2H3,(H,15,16)/b12-10+. The third-order valence-corrected chi connectivity index (χ3v) is 2.15. The highest BCUT2D eigenvalue weighted by Crippen LogP contribution is 2.17. The molecule has 1 amide bonds. The second-order valence-corrected chi connectivity index (χ2v) is 3.16. The number of carbonyl (C=O) groups excluding carboxylic acids is 1. The lowest BCUT2D eigenvalue weighted by Crippen LogP contribution is -2.19. The lowest BCUT2D eigenvalue weighted by Gasteiger charge is -2.04.